The van der Waals surface area contributed by atoms with Crippen LogP contribution < -0.4 is 5.32 Å². The van der Waals surface area contributed by atoms with Crippen molar-refractivity contribution in [2.24, 2.45) is 0 Å². The molecule has 0 fully saturated rings. The maximum atomic E-state index is 14.2. The van der Waals surface area contributed by atoms with Gasteiger partial charge in [0.15, 0.2) is 0 Å². The number of benzene rings is 2. The van der Waals surface area contributed by atoms with Gasteiger partial charge in [-0.05, 0) is 31.0 Å². The zero-order valence-electron chi connectivity index (χ0n) is 16.5. The number of methoxy groups -OCH3 is 1. The molecule has 2 aromatic carbocycles. The molecule has 0 spiro atoms. The predicted octanol–water partition coefficient (Wildman–Crippen LogP) is 4.29. The lowest BCUT2D eigenvalue weighted by Gasteiger charge is -2.12. The summed E-state index contributed by atoms with van der Waals surface area (Å²) >= 11 is 0. The second-order valence-corrected chi connectivity index (χ2v) is 6.91. The SMILES string of the molecule is COC(=O)CCCCCNC(=O)c1cc2ccccc2n1Cc1ccccc1F. The number of nitrogens with zero attached hydrogens (tertiary/aromatic N) is 1. The van der Waals surface area contributed by atoms with E-state index >= 15 is 0 Å². The molecule has 0 unspecified atom stereocenters. The Hall–Kier alpha value is -3.15. The fourth-order valence-corrected chi connectivity index (χ4v) is 3.33. The number of amides is 1. The highest BCUT2D eigenvalue weighted by atomic mass is 19.1. The Balaban J connectivity index is 1.69. The first-order valence-corrected chi connectivity index (χ1v) is 9.77. The van der Waals surface area contributed by atoms with Crippen LogP contribution in [0.15, 0.2) is 54.6 Å². The van der Waals surface area contributed by atoms with E-state index in [0.29, 0.717) is 24.2 Å². The zero-order chi connectivity index (χ0) is 20.6. The fraction of sp³-hybridized carbons (Fsp3) is 0.304. The van der Waals surface area contributed by atoms with Crippen LogP contribution >= 0.6 is 0 Å². The third kappa shape index (κ3) is 5.22. The van der Waals surface area contributed by atoms with Crippen molar-refractivity contribution in [2.75, 3.05) is 13.7 Å². The lowest BCUT2D eigenvalue weighted by Crippen LogP contribution is -2.27. The van der Waals surface area contributed by atoms with Crippen LogP contribution in [-0.2, 0) is 16.1 Å². The molecule has 0 saturated carbocycles. The number of nitrogens with one attached hydrogen (secondary N) is 1. The molecule has 152 valence electrons. The molecule has 3 rings (SSSR count). The molecule has 0 saturated heterocycles. The standard InChI is InChI=1S/C23H25FN2O3/c1-29-22(27)13-3-2-8-14-25-23(28)21-15-17-9-5-7-12-20(17)26(21)16-18-10-4-6-11-19(18)24/h4-7,9-12,15H,2-3,8,13-14,16H2,1H3,(H,25,28). The van der Waals surface area contributed by atoms with Crippen molar-refractivity contribution in [3.63, 3.8) is 0 Å². The molecule has 0 aliphatic rings. The molecule has 0 bridgehead atoms. The van der Waals surface area contributed by atoms with Crippen LogP contribution in [0.25, 0.3) is 10.9 Å². The number of hydrogen-bond acceptors (Lipinski definition) is 3. The third-order valence-corrected chi connectivity index (χ3v) is 4.90. The van der Waals surface area contributed by atoms with Crippen LogP contribution in [0, 0.1) is 5.82 Å². The Labute approximate surface area is 169 Å². The van der Waals surface area contributed by atoms with E-state index in [1.165, 1.54) is 13.2 Å². The van der Waals surface area contributed by atoms with Crippen LogP contribution in [0.2, 0.25) is 0 Å². The Kier molecular flexibility index (Phi) is 7.00. The number of rotatable bonds is 9. The minimum absolute atomic E-state index is 0.189. The minimum atomic E-state index is -0.290. The summed E-state index contributed by atoms with van der Waals surface area (Å²) in [5.74, 6) is -0.695. The molecule has 1 heterocycles. The summed E-state index contributed by atoms with van der Waals surface area (Å²) in [4.78, 5) is 23.9. The highest BCUT2D eigenvalue weighted by Crippen LogP contribution is 2.22. The van der Waals surface area contributed by atoms with Crippen molar-refractivity contribution in [1.82, 2.24) is 9.88 Å². The van der Waals surface area contributed by atoms with Gasteiger partial charge < -0.3 is 14.6 Å². The number of para-hydroxylation sites is 1. The van der Waals surface area contributed by atoms with E-state index in [0.717, 1.165) is 30.2 Å². The molecule has 1 N–H and O–H groups in total. The number of hydrogen-bond donors (Lipinski definition) is 1. The number of esters is 1. The van der Waals surface area contributed by atoms with Crippen LogP contribution in [0.1, 0.15) is 41.7 Å². The first kappa shape index (κ1) is 20.6. The monoisotopic (exact) mass is 396 g/mol. The van der Waals surface area contributed by atoms with E-state index in [9.17, 15) is 14.0 Å². The fourth-order valence-electron chi connectivity index (χ4n) is 3.33. The van der Waals surface area contributed by atoms with Crippen LogP contribution in [0.4, 0.5) is 4.39 Å². The molecule has 0 atom stereocenters. The largest absolute Gasteiger partial charge is 0.469 e. The van der Waals surface area contributed by atoms with Crippen molar-refractivity contribution in [3.8, 4) is 0 Å². The number of carbonyl (C=O) groups excluding carboxylic acids is 2. The van der Waals surface area contributed by atoms with Gasteiger partial charge in [0.05, 0.1) is 13.7 Å². The molecular formula is C23H25FN2O3. The van der Waals surface area contributed by atoms with Gasteiger partial charge in [-0.1, -0.05) is 42.8 Å². The predicted molar refractivity (Wildman–Crippen MR) is 110 cm³/mol. The molecule has 0 aliphatic heterocycles. The van der Waals surface area contributed by atoms with Crippen molar-refractivity contribution < 1.29 is 18.7 Å². The first-order chi connectivity index (χ1) is 14.1. The second-order valence-electron chi connectivity index (χ2n) is 6.91. The van der Waals surface area contributed by atoms with Crippen molar-refractivity contribution in [2.45, 2.75) is 32.2 Å². The van der Waals surface area contributed by atoms with Crippen molar-refractivity contribution >= 4 is 22.8 Å². The molecule has 0 aliphatic carbocycles. The lowest BCUT2D eigenvalue weighted by molar-refractivity contribution is -0.140. The average Bonchev–Trinajstić information content (AvgIpc) is 3.10. The van der Waals surface area contributed by atoms with Crippen molar-refractivity contribution in [3.05, 3.63) is 71.7 Å². The molecule has 0 radical (unpaired) electrons. The third-order valence-electron chi connectivity index (χ3n) is 4.90. The van der Waals surface area contributed by atoms with Crippen LogP contribution in [0.5, 0.6) is 0 Å². The number of ether oxygens (including phenoxy) is 1. The summed E-state index contributed by atoms with van der Waals surface area (Å²) in [7, 11) is 1.38. The summed E-state index contributed by atoms with van der Waals surface area (Å²) in [5, 5.41) is 3.87. The van der Waals surface area contributed by atoms with Crippen LogP contribution in [-0.4, -0.2) is 30.1 Å². The summed E-state index contributed by atoms with van der Waals surface area (Å²) in [6.07, 6.45) is 2.72. The van der Waals surface area contributed by atoms with Crippen LogP contribution in [0.3, 0.4) is 0 Å². The van der Waals surface area contributed by atoms with E-state index in [1.54, 1.807) is 18.2 Å². The lowest BCUT2D eigenvalue weighted by atomic mass is 10.2. The summed E-state index contributed by atoms with van der Waals surface area (Å²) in [6.45, 7) is 0.795. The van der Waals surface area contributed by atoms with E-state index in [-0.39, 0.29) is 24.2 Å². The maximum Gasteiger partial charge on any atom is 0.305 e. The van der Waals surface area contributed by atoms with E-state index in [1.807, 2.05) is 34.9 Å². The van der Waals surface area contributed by atoms with Gasteiger partial charge in [-0.3, -0.25) is 9.59 Å². The Morgan fingerprint density at radius 3 is 2.59 bits per heavy atom. The quantitative estimate of drug-likeness (QED) is 0.434. The van der Waals surface area contributed by atoms with Gasteiger partial charge in [0.1, 0.15) is 11.5 Å². The van der Waals surface area contributed by atoms with Gasteiger partial charge >= 0.3 is 5.97 Å². The van der Waals surface area contributed by atoms with E-state index in [4.69, 9.17) is 0 Å². The molecule has 1 aromatic heterocycles. The first-order valence-electron chi connectivity index (χ1n) is 9.77. The average molecular weight is 396 g/mol. The number of fused-ring (bicyclic) bond motifs is 1. The normalized spacial score (nSPS) is 10.8. The number of halogens is 1. The Bertz CT molecular complexity index is 997. The second kappa shape index (κ2) is 9.87. The molecule has 29 heavy (non-hydrogen) atoms. The van der Waals surface area contributed by atoms with Gasteiger partial charge in [0.2, 0.25) is 0 Å². The topological polar surface area (TPSA) is 60.3 Å². The smallest absolute Gasteiger partial charge is 0.305 e. The van der Waals surface area contributed by atoms with Gasteiger partial charge in [-0.15, -0.1) is 0 Å². The highest BCUT2D eigenvalue weighted by Gasteiger charge is 2.16. The zero-order valence-corrected chi connectivity index (χ0v) is 16.5. The molecule has 1 amide bonds. The molecule has 3 aromatic rings. The van der Waals surface area contributed by atoms with Crippen molar-refractivity contribution in [1.29, 1.82) is 0 Å². The van der Waals surface area contributed by atoms with Gasteiger partial charge in [-0.25, -0.2) is 4.39 Å². The Morgan fingerprint density at radius 1 is 1.03 bits per heavy atom. The Morgan fingerprint density at radius 2 is 1.79 bits per heavy atom. The van der Waals surface area contributed by atoms with E-state index < -0.39 is 0 Å². The molecule has 6 heteroatoms. The molecular weight excluding hydrogens is 371 g/mol. The summed E-state index contributed by atoms with van der Waals surface area (Å²) in [6, 6.07) is 16.1. The maximum absolute atomic E-state index is 14.2. The number of aromatic nitrogens is 1. The van der Waals surface area contributed by atoms with E-state index in [2.05, 4.69) is 10.1 Å². The summed E-state index contributed by atoms with van der Waals surface area (Å²) < 4.78 is 20.6. The minimum Gasteiger partial charge on any atom is -0.469 e. The number of carbonyl (C=O) groups is 2. The van der Waals surface area contributed by atoms with Gasteiger partial charge in [0, 0.05) is 29.4 Å². The van der Waals surface area contributed by atoms with Gasteiger partial charge in [-0.2, -0.15) is 0 Å². The summed E-state index contributed by atoms with van der Waals surface area (Å²) in [5.41, 5.74) is 1.92. The van der Waals surface area contributed by atoms with Gasteiger partial charge in [0.25, 0.3) is 5.91 Å². The molecule has 5 nitrogen and oxygen atoms in total. The number of unbranched alkanes of at least 4 members (excludes halogenated alkanes) is 2. The highest BCUT2D eigenvalue weighted by molar-refractivity contribution is 5.98.